The highest BCUT2D eigenvalue weighted by Gasteiger charge is 2.03. The molecule has 1 heterocycles. The van der Waals surface area contributed by atoms with Crippen LogP contribution < -0.4 is 11.0 Å². The fourth-order valence-electron chi connectivity index (χ4n) is 1.23. The van der Waals surface area contributed by atoms with E-state index in [4.69, 9.17) is 11.6 Å². The molecule has 18 heavy (non-hydrogen) atoms. The van der Waals surface area contributed by atoms with E-state index in [0.29, 0.717) is 5.56 Å². The van der Waals surface area contributed by atoms with Gasteiger partial charge in [-0.05, 0) is 12.1 Å². The summed E-state index contributed by atoms with van der Waals surface area (Å²) in [7, 11) is 0. The summed E-state index contributed by atoms with van der Waals surface area (Å²) in [6.45, 7) is 0. The molecule has 0 aliphatic carbocycles. The molecule has 1 aromatic carbocycles. The van der Waals surface area contributed by atoms with Crippen LogP contribution in [0.2, 0.25) is 5.02 Å². The Bertz CT molecular complexity index is 639. The van der Waals surface area contributed by atoms with Gasteiger partial charge in [0.1, 0.15) is 16.5 Å². The lowest BCUT2D eigenvalue weighted by molar-refractivity contribution is 0.474. The van der Waals surface area contributed by atoms with Gasteiger partial charge in [-0.3, -0.25) is 10.2 Å². The van der Waals surface area contributed by atoms with Crippen LogP contribution in [0.1, 0.15) is 5.56 Å². The summed E-state index contributed by atoms with van der Waals surface area (Å²) in [5.74, 6) is 0.109. The van der Waals surface area contributed by atoms with E-state index in [-0.39, 0.29) is 16.5 Å². The van der Waals surface area contributed by atoms with Crippen LogP contribution in [-0.4, -0.2) is 21.5 Å². The quantitative estimate of drug-likeness (QED) is 0.580. The Morgan fingerprint density at radius 1 is 1.44 bits per heavy atom. The number of benzene rings is 1. The topological polar surface area (TPSA) is 90.4 Å². The van der Waals surface area contributed by atoms with Crippen molar-refractivity contribution in [3.05, 3.63) is 51.4 Å². The average molecular weight is 265 g/mol. The fraction of sp³-hybridized carbons (Fsp3) is 0. The molecule has 0 aliphatic heterocycles. The molecule has 0 aliphatic rings. The third-order valence-corrected chi connectivity index (χ3v) is 2.50. The summed E-state index contributed by atoms with van der Waals surface area (Å²) in [5.41, 5.74) is 2.90. The number of nitrogens with zero attached hydrogens (tertiary/aromatic N) is 2. The summed E-state index contributed by atoms with van der Waals surface area (Å²) in [5, 5.41) is 19.1. The van der Waals surface area contributed by atoms with Crippen LogP contribution in [0.5, 0.6) is 5.75 Å². The molecular formula is C11H9ClN4O2. The molecule has 0 amide bonds. The minimum absolute atomic E-state index is 0.0283. The summed E-state index contributed by atoms with van der Waals surface area (Å²) in [6.07, 6.45) is 2.75. The number of hydrogen-bond acceptors (Lipinski definition) is 5. The van der Waals surface area contributed by atoms with Gasteiger partial charge >= 0.3 is 0 Å². The number of aromatic hydroxyl groups is 1. The first-order valence-electron chi connectivity index (χ1n) is 4.99. The van der Waals surface area contributed by atoms with Crippen LogP contribution in [-0.2, 0) is 0 Å². The van der Waals surface area contributed by atoms with E-state index in [1.165, 1.54) is 12.4 Å². The third-order valence-electron chi connectivity index (χ3n) is 2.12. The molecule has 0 saturated carbocycles. The van der Waals surface area contributed by atoms with E-state index >= 15 is 0 Å². The zero-order valence-corrected chi connectivity index (χ0v) is 9.85. The molecule has 0 bridgehead atoms. The first kappa shape index (κ1) is 12.1. The van der Waals surface area contributed by atoms with Crippen LogP contribution in [0.3, 0.4) is 0 Å². The predicted octanol–water partition coefficient (Wildman–Crippen LogP) is 1.57. The highest BCUT2D eigenvalue weighted by molar-refractivity contribution is 6.32. The van der Waals surface area contributed by atoms with Crippen molar-refractivity contribution in [1.29, 1.82) is 0 Å². The van der Waals surface area contributed by atoms with Crippen LogP contribution in [0, 0.1) is 0 Å². The van der Waals surface area contributed by atoms with Gasteiger partial charge in [0.05, 0.1) is 12.4 Å². The molecule has 7 heteroatoms. The van der Waals surface area contributed by atoms with Crippen LogP contribution in [0.4, 0.5) is 5.69 Å². The number of nitrogens with one attached hydrogen (secondary N) is 2. The number of hydrogen-bond donors (Lipinski definition) is 3. The average Bonchev–Trinajstić information content (AvgIpc) is 2.37. The van der Waals surface area contributed by atoms with Gasteiger partial charge in [0, 0.05) is 5.56 Å². The van der Waals surface area contributed by atoms with Gasteiger partial charge in [0.2, 0.25) is 0 Å². The van der Waals surface area contributed by atoms with E-state index in [9.17, 15) is 9.90 Å². The summed E-state index contributed by atoms with van der Waals surface area (Å²) in [4.78, 5) is 11.1. The normalized spacial score (nSPS) is 10.7. The number of H-pyrrole nitrogens is 1. The van der Waals surface area contributed by atoms with Crippen molar-refractivity contribution >= 4 is 23.5 Å². The van der Waals surface area contributed by atoms with E-state index in [2.05, 4.69) is 20.7 Å². The Kier molecular flexibility index (Phi) is 3.59. The fourth-order valence-corrected chi connectivity index (χ4v) is 1.36. The highest BCUT2D eigenvalue weighted by Crippen LogP contribution is 2.15. The standard InChI is InChI=1S/C11H9ClN4O2/c12-10-8(6-14-16-11(10)18)15-13-5-7-3-1-2-4-9(7)17/h1-6,17H,(H2,15,16,18)/b13-5-. The summed E-state index contributed by atoms with van der Waals surface area (Å²) < 4.78 is 0. The molecule has 1 aromatic heterocycles. The van der Waals surface area contributed by atoms with E-state index < -0.39 is 5.56 Å². The second kappa shape index (κ2) is 5.33. The molecule has 3 N–H and O–H groups in total. The molecule has 2 rings (SSSR count). The molecule has 0 atom stereocenters. The predicted molar refractivity (Wildman–Crippen MR) is 69.2 cm³/mol. The number of phenolic OH excluding ortho intramolecular Hbond substituents is 1. The van der Waals surface area contributed by atoms with Crippen LogP contribution >= 0.6 is 11.6 Å². The zero-order valence-electron chi connectivity index (χ0n) is 9.09. The molecule has 2 aromatic rings. The highest BCUT2D eigenvalue weighted by atomic mass is 35.5. The van der Waals surface area contributed by atoms with Crippen molar-refractivity contribution in [3.63, 3.8) is 0 Å². The second-order valence-electron chi connectivity index (χ2n) is 3.36. The first-order chi connectivity index (χ1) is 8.68. The maximum absolute atomic E-state index is 11.1. The van der Waals surface area contributed by atoms with Crippen molar-refractivity contribution in [3.8, 4) is 5.75 Å². The van der Waals surface area contributed by atoms with Crippen LogP contribution in [0.25, 0.3) is 0 Å². The van der Waals surface area contributed by atoms with E-state index in [0.717, 1.165) is 0 Å². The smallest absolute Gasteiger partial charge is 0.285 e. The van der Waals surface area contributed by atoms with Crippen molar-refractivity contribution < 1.29 is 5.11 Å². The third kappa shape index (κ3) is 2.67. The summed E-state index contributed by atoms with van der Waals surface area (Å²) >= 11 is 5.74. The van der Waals surface area contributed by atoms with Gasteiger partial charge < -0.3 is 5.11 Å². The van der Waals surface area contributed by atoms with Crippen LogP contribution in [0.15, 0.2) is 40.4 Å². The Morgan fingerprint density at radius 3 is 3.00 bits per heavy atom. The van der Waals surface area contributed by atoms with Gasteiger partial charge in [-0.2, -0.15) is 10.2 Å². The summed E-state index contributed by atoms with van der Waals surface area (Å²) in [6, 6.07) is 6.71. The number of phenols is 1. The Hall–Kier alpha value is -2.34. The van der Waals surface area contributed by atoms with Crippen molar-refractivity contribution in [2.24, 2.45) is 5.10 Å². The number of para-hydroxylation sites is 1. The lowest BCUT2D eigenvalue weighted by Gasteiger charge is -2.01. The Labute approximate surface area is 107 Å². The monoisotopic (exact) mass is 264 g/mol. The lowest BCUT2D eigenvalue weighted by Crippen LogP contribution is -2.10. The van der Waals surface area contributed by atoms with Gasteiger partial charge in [-0.15, -0.1) is 0 Å². The van der Waals surface area contributed by atoms with Gasteiger partial charge in [-0.1, -0.05) is 23.7 Å². The minimum atomic E-state index is -0.501. The number of aromatic nitrogens is 2. The maximum Gasteiger partial charge on any atom is 0.285 e. The lowest BCUT2D eigenvalue weighted by atomic mass is 10.2. The largest absolute Gasteiger partial charge is 0.507 e. The number of halogens is 1. The molecule has 0 radical (unpaired) electrons. The van der Waals surface area contributed by atoms with Crippen molar-refractivity contribution in [2.45, 2.75) is 0 Å². The molecule has 0 saturated heterocycles. The SMILES string of the molecule is O=c1[nH]ncc(N/N=C\c2ccccc2O)c1Cl. The number of aromatic amines is 1. The van der Waals surface area contributed by atoms with Crippen molar-refractivity contribution in [2.75, 3.05) is 5.43 Å². The van der Waals surface area contributed by atoms with E-state index in [1.807, 2.05) is 0 Å². The first-order valence-corrected chi connectivity index (χ1v) is 5.36. The van der Waals surface area contributed by atoms with E-state index in [1.54, 1.807) is 24.3 Å². The zero-order chi connectivity index (χ0) is 13.0. The number of hydrazone groups is 1. The Balaban J connectivity index is 2.15. The van der Waals surface area contributed by atoms with Gasteiger partial charge in [0.25, 0.3) is 5.56 Å². The number of rotatable bonds is 3. The molecular weight excluding hydrogens is 256 g/mol. The Morgan fingerprint density at radius 2 is 2.22 bits per heavy atom. The second-order valence-corrected chi connectivity index (χ2v) is 3.73. The molecule has 0 spiro atoms. The molecule has 6 nitrogen and oxygen atoms in total. The minimum Gasteiger partial charge on any atom is -0.507 e. The molecule has 0 fully saturated rings. The van der Waals surface area contributed by atoms with Gasteiger partial charge in [0.15, 0.2) is 0 Å². The molecule has 92 valence electrons. The van der Waals surface area contributed by atoms with Crippen molar-refractivity contribution in [1.82, 2.24) is 10.2 Å². The number of anilines is 1. The maximum atomic E-state index is 11.1. The molecule has 0 unspecified atom stereocenters. The van der Waals surface area contributed by atoms with Gasteiger partial charge in [-0.25, -0.2) is 5.10 Å².